The van der Waals surface area contributed by atoms with Gasteiger partial charge in [-0.25, -0.2) is 0 Å². The first kappa shape index (κ1) is 20.8. The average Bonchev–Trinajstić information content (AvgIpc) is 2.39. The maximum absolute atomic E-state index is 11.2. The molecule has 0 aliphatic rings. The first-order chi connectivity index (χ1) is 9.52. The maximum Gasteiger partial charge on any atom is 0.245 e. The van der Waals surface area contributed by atoms with Crippen LogP contribution in [0, 0.1) is 0 Å². The molecule has 120 valence electrons. The zero-order valence-corrected chi connectivity index (χ0v) is 16.2. The largest absolute Gasteiger partial charge is 0.369 e. The Balaban J connectivity index is 3.30. The van der Waals surface area contributed by atoms with E-state index in [0.29, 0.717) is 25.7 Å². The molecule has 0 atom stereocenters. The van der Waals surface area contributed by atoms with Gasteiger partial charge in [0, 0.05) is 40.7 Å². The minimum absolute atomic E-state index is 0.0650. The maximum atomic E-state index is 11.2. The summed E-state index contributed by atoms with van der Waals surface area (Å²) in [6.45, 7) is 9.11. The van der Waals surface area contributed by atoms with Crippen LogP contribution in [-0.4, -0.2) is 49.5 Å². The summed E-state index contributed by atoms with van der Waals surface area (Å²) in [7, 11) is 3.49. The number of rotatable bonds is 13. The van der Waals surface area contributed by atoms with E-state index in [1.165, 1.54) is 0 Å². The lowest BCUT2D eigenvalue weighted by Crippen LogP contribution is -2.28. The van der Waals surface area contributed by atoms with E-state index in [9.17, 15) is 4.79 Å². The molecule has 0 spiro atoms. The fourth-order valence-electron chi connectivity index (χ4n) is 1.07. The van der Waals surface area contributed by atoms with Crippen molar-refractivity contribution < 1.29 is 14.3 Å². The van der Waals surface area contributed by atoms with Crippen molar-refractivity contribution in [2.45, 2.75) is 31.9 Å². The van der Waals surface area contributed by atoms with Crippen LogP contribution in [0.5, 0.6) is 0 Å². The van der Waals surface area contributed by atoms with Crippen LogP contribution in [0.1, 0.15) is 27.2 Å². The van der Waals surface area contributed by atoms with Crippen LogP contribution in [0.2, 0.25) is 0 Å². The summed E-state index contributed by atoms with van der Waals surface area (Å²) in [6.07, 6.45) is 0.938. The highest BCUT2D eigenvalue weighted by molar-refractivity contribution is 14.1. The average molecular weight is 436 g/mol. The number of ether oxygens (including phenoxy) is 2. The molecule has 20 heavy (non-hydrogen) atoms. The van der Waals surface area contributed by atoms with Crippen LogP contribution in [0.25, 0.3) is 0 Å². The van der Waals surface area contributed by atoms with Gasteiger partial charge in [-0.2, -0.15) is 0 Å². The number of amides is 1. The van der Waals surface area contributed by atoms with Gasteiger partial charge in [-0.1, -0.05) is 28.5 Å². The molecular formula is C12H25IN2O3S2. The van der Waals surface area contributed by atoms with Gasteiger partial charge in [-0.3, -0.25) is 8.32 Å². The SMILES string of the molecule is CCCNC(=O)COCCOCSSC(C)(C)CNI. The van der Waals surface area contributed by atoms with Crippen molar-refractivity contribution in [1.82, 2.24) is 8.85 Å². The van der Waals surface area contributed by atoms with Crippen molar-refractivity contribution >= 4 is 50.4 Å². The summed E-state index contributed by atoms with van der Waals surface area (Å²) in [4.78, 5) is 11.2. The topological polar surface area (TPSA) is 59.6 Å². The van der Waals surface area contributed by atoms with Crippen LogP contribution in [0.4, 0.5) is 0 Å². The van der Waals surface area contributed by atoms with Crippen LogP contribution in [0.3, 0.4) is 0 Å². The standard InChI is InChI=1S/C12H25IN2O3S2/c1-4-5-14-11(16)8-17-6-7-18-10-19-20-12(2,3)9-15-13/h15H,4-10H2,1-3H3,(H,14,16). The van der Waals surface area contributed by atoms with Gasteiger partial charge in [0.2, 0.25) is 5.91 Å². The van der Waals surface area contributed by atoms with Gasteiger partial charge >= 0.3 is 0 Å². The van der Waals surface area contributed by atoms with Crippen LogP contribution in [-0.2, 0) is 14.3 Å². The normalized spacial score (nSPS) is 11.6. The molecule has 0 saturated carbocycles. The Morgan fingerprint density at radius 2 is 2.00 bits per heavy atom. The highest BCUT2D eigenvalue weighted by Gasteiger charge is 2.17. The molecule has 0 aromatic heterocycles. The van der Waals surface area contributed by atoms with Gasteiger partial charge in [0.1, 0.15) is 12.5 Å². The molecule has 8 heteroatoms. The number of carbonyl (C=O) groups excluding carboxylic acids is 1. The zero-order chi connectivity index (χ0) is 15.3. The second-order valence-electron chi connectivity index (χ2n) is 4.70. The Hall–Kier alpha value is 0.780. The molecular weight excluding hydrogens is 411 g/mol. The summed E-state index contributed by atoms with van der Waals surface area (Å²) in [5.74, 6) is 0.561. The van der Waals surface area contributed by atoms with Crippen LogP contribution >= 0.6 is 44.5 Å². The second kappa shape index (κ2) is 13.4. The van der Waals surface area contributed by atoms with Crippen molar-refractivity contribution in [2.75, 3.05) is 38.8 Å². The lowest BCUT2D eigenvalue weighted by molar-refractivity contribution is -0.126. The van der Waals surface area contributed by atoms with Crippen molar-refractivity contribution in [3.05, 3.63) is 0 Å². The number of carbonyl (C=O) groups is 1. The third kappa shape index (κ3) is 13.7. The lowest BCUT2D eigenvalue weighted by atomic mass is 10.2. The number of nitrogens with one attached hydrogen (secondary N) is 2. The Labute approximate surface area is 144 Å². The van der Waals surface area contributed by atoms with Crippen LogP contribution in [0.15, 0.2) is 0 Å². The van der Waals surface area contributed by atoms with E-state index < -0.39 is 0 Å². The third-order valence-electron chi connectivity index (χ3n) is 2.09. The Bertz CT molecular complexity index is 259. The molecule has 0 fully saturated rings. The van der Waals surface area contributed by atoms with Gasteiger partial charge in [0.15, 0.2) is 0 Å². The minimum Gasteiger partial charge on any atom is -0.369 e. The summed E-state index contributed by atoms with van der Waals surface area (Å²) in [6, 6.07) is 0. The van der Waals surface area contributed by atoms with E-state index in [4.69, 9.17) is 9.47 Å². The Morgan fingerprint density at radius 1 is 1.30 bits per heavy atom. The quantitative estimate of drug-likeness (QED) is 0.152. The fraction of sp³-hybridized carbons (Fsp3) is 0.917. The van der Waals surface area contributed by atoms with E-state index in [1.54, 1.807) is 21.6 Å². The molecule has 0 bridgehead atoms. The first-order valence-electron chi connectivity index (χ1n) is 6.58. The predicted octanol–water partition coefficient (Wildman–Crippen LogP) is 2.60. The molecule has 0 unspecified atom stereocenters. The van der Waals surface area contributed by atoms with E-state index in [0.717, 1.165) is 13.0 Å². The number of halogens is 1. The van der Waals surface area contributed by atoms with Gasteiger partial charge in [-0.15, -0.1) is 0 Å². The lowest BCUT2D eigenvalue weighted by Gasteiger charge is -2.21. The molecule has 0 aliphatic heterocycles. The second-order valence-corrected chi connectivity index (χ2v) is 8.41. The summed E-state index contributed by atoms with van der Waals surface area (Å²) >= 11 is 2.16. The molecule has 0 aliphatic carbocycles. The summed E-state index contributed by atoms with van der Waals surface area (Å²) in [5.41, 5.74) is 0. The van der Waals surface area contributed by atoms with Crippen molar-refractivity contribution in [3.63, 3.8) is 0 Å². The summed E-state index contributed by atoms with van der Waals surface area (Å²) < 4.78 is 14.0. The van der Waals surface area contributed by atoms with Gasteiger partial charge in [-0.05, 0) is 20.3 Å². The third-order valence-corrected chi connectivity index (χ3v) is 5.44. The number of hydrogen-bond acceptors (Lipinski definition) is 6. The highest BCUT2D eigenvalue weighted by atomic mass is 127. The fourth-order valence-corrected chi connectivity index (χ4v) is 4.44. The monoisotopic (exact) mass is 436 g/mol. The molecule has 5 nitrogen and oxygen atoms in total. The van der Waals surface area contributed by atoms with Gasteiger partial charge in [0.25, 0.3) is 0 Å². The van der Waals surface area contributed by atoms with Crippen molar-refractivity contribution in [2.24, 2.45) is 0 Å². The van der Waals surface area contributed by atoms with Crippen LogP contribution < -0.4 is 8.85 Å². The van der Waals surface area contributed by atoms with E-state index >= 15 is 0 Å². The molecule has 0 heterocycles. The smallest absolute Gasteiger partial charge is 0.245 e. The van der Waals surface area contributed by atoms with Gasteiger partial charge < -0.3 is 14.8 Å². The first-order valence-corrected chi connectivity index (χ1v) is 9.98. The molecule has 0 aromatic rings. The van der Waals surface area contributed by atoms with Gasteiger partial charge in [0.05, 0.1) is 13.2 Å². The minimum atomic E-state index is -0.0650. The Kier molecular flexibility index (Phi) is 14.0. The van der Waals surface area contributed by atoms with Crippen molar-refractivity contribution in [1.29, 1.82) is 0 Å². The zero-order valence-electron chi connectivity index (χ0n) is 12.4. The highest BCUT2D eigenvalue weighted by Crippen LogP contribution is 2.35. The van der Waals surface area contributed by atoms with E-state index in [2.05, 4.69) is 45.6 Å². The number of hydrogen-bond donors (Lipinski definition) is 2. The van der Waals surface area contributed by atoms with E-state index in [1.807, 2.05) is 6.92 Å². The van der Waals surface area contributed by atoms with Crippen molar-refractivity contribution in [3.8, 4) is 0 Å². The molecule has 2 N–H and O–H groups in total. The molecule has 0 saturated heterocycles. The molecule has 0 radical (unpaired) electrons. The molecule has 0 rings (SSSR count). The predicted molar refractivity (Wildman–Crippen MR) is 96.2 cm³/mol. The molecule has 0 aromatic carbocycles. The van der Waals surface area contributed by atoms with E-state index in [-0.39, 0.29) is 17.3 Å². The molecule has 1 amide bonds. The summed E-state index contributed by atoms with van der Waals surface area (Å²) in [5, 5.41) is 2.75. The Morgan fingerprint density at radius 3 is 2.65 bits per heavy atom.